The number of hydrogen-bond acceptors (Lipinski definition) is 6. The van der Waals surface area contributed by atoms with Crippen molar-refractivity contribution in [3.63, 3.8) is 0 Å². The average molecular weight is 640 g/mol. The van der Waals surface area contributed by atoms with Crippen LogP contribution in [-0.4, -0.2) is 56.1 Å². The van der Waals surface area contributed by atoms with E-state index in [1.165, 1.54) is 17.7 Å². The molecule has 2 amide bonds. The van der Waals surface area contributed by atoms with Crippen molar-refractivity contribution in [2.45, 2.75) is 44.2 Å². The Morgan fingerprint density at radius 1 is 0.830 bits per heavy atom. The molecule has 0 aliphatic carbocycles. The molecule has 1 heterocycles. The number of ether oxygens (including phenoxy) is 3. The number of carbonyl (C=O) groups is 2. The predicted octanol–water partition coefficient (Wildman–Crippen LogP) is 6.93. The van der Waals surface area contributed by atoms with E-state index < -0.39 is 6.04 Å². The zero-order chi connectivity index (χ0) is 32.8. The lowest BCUT2D eigenvalue weighted by Gasteiger charge is -2.29. The van der Waals surface area contributed by atoms with Crippen LogP contribution in [0.5, 0.6) is 17.2 Å². The minimum Gasteiger partial charge on any atom is -0.497 e. The van der Waals surface area contributed by atoms with Gasteiger partial charge in [-0.1, -0.05) is 48.9 Å². The molecule has 0 saturated carbocycles. The number of methoxy groups -OCH3 is 1. The van der Waals surface area contributed by atoms with Crippen LogP contribution in [-0.2, 0) is 20.9 Å². The van der Waals surface area contributed by atoms with Gasteiger partial charge in [0.2, 0.25) is 11.8 Å². The van der Waals surface area contributed by atoms with Gasteiger partial charge in [0.25, 0.3) is 0 Å². The van der Waals surface area contributed by atoms with Gasteiger partial charge in [-0.2, -0.15) is 0 Å². The highest BCUT2D eigenvalue weighted by Gasteiger charge is 2.24. The molecule has 2 N–H and O–H groups in total. The quantitative estimate of drug-likeness (QED) is 0.165. The number of anilines is 1. The SMILES string of the molecule is COc1ccc(C2CCCCN(CC(=O)NC(COCc3ccccc3)C(=O)Nc3ccc(Oc4ccc(F)cc4)cc3)CC2)cc1. The maximum atomic E-state index is 13.4. The molecule has 9 heteroatoms. The molecule has 5 rings (SSSR count). The summed E-state index contributed by atoms with van der Waals surface area (Å²) in [5.41, 5.74) is 2.80. The Morgan fingerprint density at radius 3 is 2.21 bits per heavy atom. The fourth-order valence-corrected chi connectivity index (χ4v) is 5.66. The summed E-state index contributed by atoms with van der Waals surface area (Å²) in [7, 11) is 1.67. The first kappa shape index (κ1) is 33.6. The number of rotatable bonds is 13. The van der Waals surface area contributed by atoms with Gasteiger partial charge < -0.3 is 24.8 Å². The molecular weight excluding hydrogens is 597 g/mol. The topological polar surface area (TPSA) is 89.1 Å². The van der Waals surface area contributed by atoms with Gasteiger partial charge in [0, 0.05) is 5.69 Å². The van der Waals surface area contributed by atoms with Gasteiger partial charge in [-0.15, -0.1) is 0 Å². The van der Waals surface area contributed by atoms with E-state index in [-0.39, 0.29) is 30.8 Å². The van der Waals surface area contributed by atoms with Crippen molar-refractivity contribution in [3.8, 4) is 17.2 Å². The van der Waals surface area contributed by atoms with E-state index in [0.717, 1.165) is 50.1 Å². The summed E-state index contributed by atoms with van der Waals surface area (Å²) in [6, 6.07) is 29.6. The first-order valence-corrected chi connectivity index (χ1v) is 16.1. The van der Waals surface area contributed by atoms with E-state index >= 15 is 0 Å². The molecule has 0 bridgehead atoms. The van der Waals surface area contributed by atoms with Gasteiger partial charge in [-0.25, -0.2) is 4.39 Å². The van der Waals surface area contributed by atoms with Crippen molar-refractivity contribution in [1.82, 2.24) is 10.2 Å². The second kappa shape index (κ2) is 17.3. The van der Waals surface area contributed by atoms with Crippen LogP contribution in [0, 0.1) is 5.82 Å². The highest BCUT2D eigenvalue weighted by Crippen LogP contribution is 2.29. The molecule has 0 radical (unpaired) electrons. The maximum Gasteiger partial charge on any atom is 0.249 e. The van der Waals surface area contributed by atoms with Crippen LogP contribution in [0.2, 0.25) is 0 Å². The molecule has 4 aromatic carbocycles. The van der Waals surface area contributed by atoms with Gasteiger partial charge in [-0.3, -0.25) is 14.5 Å². The normalized spacial score (nSPS) is 15.9. The Bertz CT molecular complexity index is 1550. The smallest absolute Gasteiger partial charge is 0.249 e. The van der Waals surface area contributed by atoms with Crippen LogP contribution in [0.15, 0.2) is 103 Å². The van der Waals surface area contributed by atoms with Gasteiger partial charge in [0.05, 0.1) is 26.9 Å². The van der Waals surface area contributed by atoms with Crippen molar-refractivity contribution in [2.24, 2.45) is 0 Å². The molecule has 1 fully saturated rings. The summed E-state index contributed by atoms with van der Waals surface area (Å²) >= 11 is 0. The van der Waals surface area contributed by atoms with Crippen LogP contribution in [0.25, 0.3) is 0 Å². The lowest BCUT2D eigenvalue weighted by Crippen LogP contribution is -2.50. The Morgan fingerprint density at radius 2 is 1.51 bits per heavy atom. The molecule has 4 aromatic rings. The standard InChI is InChI=1S/C38H42FN3O5/c1-45-33-16-10-30(11-17-33)29-9-5-6-23-42(24-22-29)25-37(43)41-36(27-46-26-28-7-3-2-4-8-28)38(44)40-32-14-20-35(21-15-32)47-34-18-12-31(39)13-19-34/h2-4,7-8,10-21,29,36H,5-6,9,22-27H2,1H3,(H,40,44)(H,41,43). The fraction of sp³-hybridized carbons (Fsp3) is 0.316. The summed E-state index contributed by atoms with van der Waals surface area (Å²) < 4.78 is 30.2. The summed E-state index contributed by atoms with van der Waals surface area (Å²) in [5, 5.41) is 5.81. The van der Waals surface area contributed by atoms with Crippen LogP contribution >= 0.6 is 0 Å². The number of nitrogens with one attached hydrogen (secondary N) is 2. The number of carbonyl (C=O) groups excluding carboxylic acids is 2. The molecule has 8 nitrogen and oxygen atoms in total. The number of halogens is 1. The van der Waals surface area contributed by atoms with E-state index in [1.807, 2.05) is 42.5 Å². The van der Waals surface area contributed by atoms with E-state index in [4.69, 9.17) is 14.2 Å². The monoisotopic (exact) mass is 639 g/mol. The van der Waals surface area contributed by atoms with E-state index in [2.05, 4.69) is 27.7 Å². The Balaban J connectivity index is 1.18. The molecule has 246 valence electrons. The zero-order valence-electron chi connectivity index (χ0n) is 26.7. The maximum absolute atomic E-state index is 13.4. The molecule has 47 heavy (non-hydrogen) atoms. The minimum absolute atomic E-state index is 0.0117. The number of nitrogens with zero attached hydrogens (tertiary/aromatic N) is 1. The second-order valence-electron chi connectivity index (χ2n) is 11.7. The second-order valence-corrected chi connectivity index (χ2v) is 11.7. The van der Waals surface area contributed by atoms with Gasteiger partial charge in [-0.05, 0) is 110 Å². The lowest BCUT2D eigenvalue weighted by molar-refractivity contribution is -0.128. The largest absolute Gasteiger partial charge is 0.497 e. The van der Waals surface area contributed by atoms with E-state index in [9.17, 15) is 14.0 Å². The highest BCUT2D eigenvalue weighted by molar-refractivity contribution is 5.97. The molecule has 2 unspecified atom stereocenters. The fourth-order valence-electron chi connectivity index (χ4n) is 5.66. The van der Waals surface area contributed by atoms with Crippen molar-refractivity contribution in [2.75, 3.05) is 38.7 Å². The number of amides is 2. The third-order valence-electron chi connectivity index (χ3n) is 8.24. The molecule has 1 aliphatic rings. The summed E-state index contributed by atoms with van der Waals surface area (Å²) in [4.78, 5) is 28.9. The minimum atomic E-state index is -0.900. The lowest BCUT2D eigenvalue weighted by atomic mass is 9.89. The molecule has 2 atom stereocenters. The first-order valence-electron chi connectivity index (χ1n) is 16.1. The molecule has 0 aromatic heterocycles. The zero-order valence-corrected chi connectivity index (χ0v) is 26.7. The van der Waals surface area contributed by atoms with Gasteiger partial charge in [0.15, 0.2) is 0 Å². The van der Waals surface area contributed by atoms with Gasteiger partial charge >= 0.3 is 0 Å². The van der Waals surface area contributed by atoms with Crippen LogP contribution < -0.4 is 20.1 Å². The first-order chi connectivity index (χ1) is 22.9. The van der Waals surface area contributed by atoms with Crippen LogP contribution in [0.1, 0.15) is 42.7 Å². The third-order valence-corrected chi connectivity index (χ3v) is 8.24. The predicted molar refractivity (Wildman–Crippen MR) is 180 cm³/mol. The Labute approximate surface area is 275 Å². The summed E-state index contributed by atoms with van der Waals surface area (Å²) in [6.45, 7) is 2.15. The summed E-state index contributed by atoms with van der Waals surface area (Å²) in [5.74, 6) is 1.35. The van der Waals surface area contributed by atoms with E-state index in [0.29, 0.717) is 29.7 Å². The Hall–Kier alpha value is -4.73. The van der Waals surface area contributed by atoms with Crippen molar-refractivity contribution >= 4 is 17.5 Å². The van der Waals surface area contributed by atoms with Crippen molar-refractivity contribution in [3.05, 3.63) is 120 Å². The number of hydrogen-bond donors (Lipinski definition) is 2. The number of likely N-dealkylation sites (tertiary alicyclic amines) is 1. The average Bonchev–Trinajstić information content (AvgIpc) is 3.08. The van der Waals surface area contributed by atoms with Crippen LogP contribution in [0.3, 0.4) is 0 Å². The van der Waals surface area contributed by atoms with Crippen LogP contribution in [0.4, 0.5) is 10.1 Å². The highest BCUT2D eigenvalue weighted by atomic mass is 19.1. The molecular formula is C38H42FN3O5. The van der Waals surface area contributed by atoms with E-state index in [1.54, 1.807) is 43.5 Å². The number of benzene rings is 4. The van der Waals surface area contributed by atoms with Crippen molar-refractivity contribution < 1.29 is 28.2 Å². The molecule has 1 aliphatic heterocycles. The molecule has 1 saturated heterocycles. The Kier molecular flexibility index (Phi) is 12.3. The third kappa shape index (κ3) is 10.7. The van der Waals surface area contributed by atoms with Gasteiger partial charge in [0.1, 0.15) is 29.1 Å². The van der Waals surface area contributed by atoms with Crippen molar-refractivity contribution in [1.29, 1.82) is 0 Å². The summed E-state index contributed by atoms with van der Waals surface area (Å²) in [6.07, 6.45) is 4.16. The molecule has 0 spiro atoms.